The molecule has 104 valence electrons. The Hall–Kier alpha value is -2.37. The summed E-state index contributed by atoms with van der Waals surface area (Å²) in [6.45, 7) is 0. The number of primary amides is 1. The van der Waals surface area contributed by atoms with Crippen LogP contribution in [0, 0.1) is 5.92 Å². The summed E-state index contributed by atoms with van der Waals surface area (Å²) in [6, 6.07) is 3.72. The maximum absolute atomic E-state index is 11.3. The van der Waals surface area contributed by atoms with Gasteiger partial charge in [0.2, 0.25) is 0 Å². The van der Waals surface area contributed by atoms with Crippen molar-refractivity contribution in [3.63, 3.8) is 0 Å². The number of carbonyl (C=O) groups is 1. The van der Waals surface area contributed by atoms with Crippen molar-refractivity contribution in [1.29, 1.82) is 0 Å². The predicted octanol–water partition coefficient (Wildman–Crippen LogP) is 1.60. The van der Waals surface area contributed by atoms with E-state index in [4.69, 9.17) is 10.2 Å². The zero-order valence-corrected chi connectivity index (χ0v) is 11.0. The molecule has 0 spiro atoms. The highest BCUT2D eigenvalue weighted by atomic mass is 16.3. The lowest BCUT2D eigenvalue weighted by atomic mass is 9.77. The van der Waals surface area contributed by atoms with E-state index in [1.807, 2.05) is 0 Å². The Morgan fingerprint density at radius 2 is 2.35 bits per heavy atom. The first-order valence-electron chi connectivity index (χ1n) is 6.61. The Kier molecular flexibility index (Phi) is 3.37. The van der Waals surface area contributed by atoms with E-state index < -0.39 is 5.91 Å². The first kappa shape index (κ1) is 12.7. The fourth-order valence-electron chi connectivity index (χ4n) is 2.56. The second-order valence-corrected chi connectivity index (χ2v) is 5.11. The van der Waals surface area contributed by atoms with Gasteiger partial charge in [0.1, 0.15) is 11.6 Å². The molecule has 1 fully saturated rings. The van der Waals surface area contributed by atoms with Gasteiger partial charge in [-0.15, -0.1) is 0 Å². The molecule has 6 nitrogen and oxygen atoms in total. The fourth-order valence-corrected chi connectivity index (χ4v) is 2.56. The predicted molar refractivity (Wildman–Crippen MR) is 73.1 cm³/mol. The average molecular weight is 272 g/mol. The van der Waals surface area contributed by atoms with Crippen LogP contribution in [0.4, 0.5) is 5.82 Å². The largest absolute Gasteiger partial charge is 0.449 e. The maximum atomic E-state index is 11.3. The van der Waals surface area contributed by atoms with E-state index in [0.29, 0.717) is 23.3 Å². The molecule has 0 aliphatic heterocycles. The summed E-state index contributed by atoms with van der Waals surface area (Å²) >= 11 is 0. The summed E-state index contributed by atoms with van der Waals surface area (Å²) in [4.78, 5) is 19.4. The van der Waals surface area contributed by atoms with Crippen LogP contribution in [0.5, 0.6) is 0 Å². The van der Waals surface area contributed by atoms with Gasteiger partial charge in [0.15, 0.2) is 6.39 Å². The lowest BCUT2D eigenvalue weighted by Crippen LogP contribution is -2.37. The fraction of sp³-hybridized carbons (Fsp3) is 0.357. The number of hydrogen-bond acceptors (Lipinski definition) is 5. The number of rotatable bonds is 5. The molecule has 1 amide bonds. The van der Waals surface area contributed by atoms with Crippen molar-refractivity contribution in [2.75, 3.05) is 5.32 Å². The van der Waals surface area contributed by atoms with E-state index in [1.165, 1.54) is 6.39 Å². The molecule has 1 saturated carbocycles. The average Bonchev–Trinajstić information content (AvgIpc) is 2.89. The summed E-state index contributed by atoms with van der Waals surface area (Å²) in [5.74, 6) is 1.62. The van der Waals surface area contributed by atoms with Crippen LogP contribution in [0.1, 0.15) is 29.0 Å². The second-order valence-electron chi connectivity index (χ2n) is 5.11. The molecule has 2 aromatic heterocycles. The van der Waals surface area contributed by atoms with Gasteiger partial charge in [-0.2, -0.15) is 0 Å². The zero-order chi connectivity index (χ0) is 13.9. The van der Waals surface area contributed by atoms with Crippen molar-refractivity contribution in [1.82, 2.24) is 9.97 Å². The van der Waals surface area contributed by atoms with Crippen molar-refractivity contribution < 1.29 is 9.21 Å². The van der Waals surface area contributed by atoms with E-state index in [1.54, 1.807) is 24.5 Å². The highest BCUT2D eigenvalue weighted by Crippen LogP contribution is 2.33. The van der Waals surface area contributed by atoms with Gasteiger partial charge in [0, 0.05) is 18.7 Å². The smallest absolute Gasteiger partial charge is 0.252 e. The van der Waals surface area contributed by atoms with E-state index >= 15 is 0 Å². The van der Waals surface area contributed by atoms with E-state index in [2.05, 4.69) is 15.3 Å². The van der Waals surface area contributed by atoms with E-state index in [0.717, 1.165) is 25.0 Å². The number of carbonyl (C=O) groups excluding carboxylic acids is 1. The highest BCUT2D eigenvalue weighted by Gasteiger charge is 2.30. The Bertz CT molecular complexity index is 591. The van der Waals surface area contributed by atoms with E-state index in [-0.39, 0.29) is 0 Å². The summed E-state index contributed by atoms with van der Waals surface area (Å²) < 4.78 is 5.24. The third-order valence-corrected chi connectivity index (χ3v) is 3.62. The molecule has 0 saturated heterocycles. The van der Waals surface area contributed by atoms with Gasteiger partial charge in [-0.25, -0.2) is 9.97 Å². The number of anilines is 1. The number of hydrogen-bond donors (Lipinski definition) is 2. The molecule has 2 heterocycles. The number of nitrogens with one attached hydrogen (secondary N) is 1. The van der Waals surface area contributed by atoms with Crippen LogP contribution in [-0.4, -0.2) is 21.9 Å². The monoisotopic (exact) mass is 272 g/mol. The summed E-state index contributed by atoms with van der Waals surface area (Å²) in [6.07, 6.45) is 7.81. The van der Waals surface area contributed by atoms with Crippen LogP contribution in [-0.2, 0) is 6.42 Å². The molecule has 0 atom stereocenters. The van der Waals surface area contributed by atoms with Gasteiger partial charge in [-0.1, -0.05) is 0 Å². The van der Waals surface area contributed by atoms with Crippen LogP contribution in [0.25, 0.3) is 0 Å². The van der Waals surface area contributed by atoms with Crippen molar-refractivity contribution in [2.45, 2.75) is 25.3 Å². The third kappa shape index (κ3) is 2.64. The Morgan fingerprint density at radius 1 is 1.50 bits per heavy atom. The topological polar surface area (TPSA) is 94.0 Å². The zero-order valence-electron chi connectivity index (χ0n) is 11.0. The molecule has 3 rings (SSSR count). The van der Waals surface area contributed by atoms with Gasteiger partial charge in [0.25, 0.3) is 5.91 Å². The van der Waals surface area contributed by atoms with Crippen molar-refractivity contribution in [2.24, 2.45) is 11.7 Å². The van der Waals surface area contributed by atoms with Crippen LogP contribution >= 0.6 is 0 Å². The normalized spacial score (nSPS) is 21.2. The number of aromatic nitrogens is 2. The molecule has 3 N–H and O–H groups in total. The molecular weight excluding hydrogens is 256 g/mol. The lowest BCUT2D eigenvalue weighted by Gasteiger charge is -2.36. The molecule has 20 heavy (non-hydrogen) atoms. The second kappa shape index (κ2) is 5.32. The molecule has 6 heteroatoms. The van der Waals surface area contributed by atoms with Crippen LogP contribution in [0.2, 0.25) is 0 Å². The van der Waals surface area contributed by atoms with Gasteiger partial charge in [0.05, 0.1) is 11.8 Å². The number of nitrogens with two attached hydrogens (primary N) is 1. The van der Waals surface area contributed by atoms with Gasteiger partial charge >= 0.3 is 0 Å². The molecule has 2 aromatic rings. The van der Waals surface area contributed by atoms with Crippen molar-refractivity contribution in [3.8, 4) is 0 Å². The number of amides is 1. The molecule has 0 bridgehead atoms. The molecule has 0 unspecified atom stereocenters. The number of oxazole rings is 1. The van der Waals surface area contributed by atoms with Crippen LogP contribution < -0.4 is 11.1 Å². The summed E-state index contributed by atoms with van der Waals surface area (Å²) in [5.41, 5.74) is 5.77. The highest BCUT2D eigenvalue weighted by molar-refractivity contribution is 5.97. The number of nitrogens with zero attached hydrogens (tertiary/aromatic N) is 2. The Balaban J connectivity index is 1.55. The number of pyridine rings is 1. The van der Waals surface area contributed by atoms with Crippen LogP contribution in [0.15, 0.2) is 35.3 Å². The Morgan fingerprint density at radius 3 is 3.05 bits per heavy atom. The van der Waals surface area contributed by atoms with Gasteiger partial charge in [-0.05, 0) is 30.9 Å². The van der Waals surface area contributed by atoms with Gasteiger partial charge in [-0.3, -0.25) is 4.79 Å². The van der Waals surface area contributed by atoms with Crippen molar-refractivity contribution >= 4 is 11.7 Å². The summed E-state index contributed by atoms with van der Waals surface area (Å²) in [7, 11) is 0. The minimum Gasteiger partial charge on any atom is -0.449 e. The molecule has 0 radical (unpaired) electrons. The Labute approximate surface area is 116 Å². The first-order valence-corrected chi connectivity index (χ1v) is 6.61. The van der Waals surface area contributed by atoms with E-state index in [9.17, 15) is 4.79 Å². The quantitative estimate of drug-likeness (QED) is 0.862. The maximum Gasteiger partial charge on any atom is 0.252 e. The lowest BCUT2D eigenvalue weighted by molar-refractivity contribution is 0.100. The molecule has 1 aliphatic carbocycles. The molecule has 1 aliphatic rings. The minimum atomic E-state index is -0.460. The third-order valence-electron chi connectivity index (χ3n) is 3.62. The SMILES string of the molecule is NC(=O)c1cccnc1NC1CC(Cc2cnco2)C1. The molecule has 0 aromatic carbocycles. The summed E-state index contributed by atoms with van der Waals surface area (Å²) in [5, 5.41) is 3.28. The molecular formula is C14H16N4O2. The minimum absolute atomic E-state index is 0.330. The first-order chi connectivity index (χ1) is 9.72. The van der Waals surface area contributed by atoms with Gasteiger partial charge < -0.3 is 15.5 Å². The standard InChI is InChI=1S/C14H16N4O2/c15-13(19)12-2-1-3-17-14(12)18-10-4-9(5-10)6-11-7-16-8-20-11/h1-3,7-10H,4-6H2,(H2,15,19)(H,17,18). The van der Waals surface area contributed by atoms with Crippen molar-refractivity contribution in [3.05, 3.63) is 42.2 Å². The van der Waals surface area contributed by atoms with Crippen LogP contribution in [0.3, 0.4) is 0 Å².